The van der Waals surface area contributed by atoms with Crippen LogP contribution in [0.3, 0.4) is 0 Å². The maximum Gasteiger partial charge on any atom is 0.180 e. The van der Waals surface area contributed by atoms with E-state index in [0.29, 0.717) is 17.3 Å². The fourth-order valence-electron chi connectivity index (χ4n) is 1.42. The molecule has 0 bridgehead atoms. The average Bonchev–Trinajstić information content (AvgIpc) is 2.40. The molecule has 6 nitrogen and oxygen atoms in total. The Labute approximate surface area is 96.8 Å². The highest BCUT2D eigenvalue weighted by Gasteiger charge is 2.00. The van der Waals surface area contributed by atoms with Gasteiger partial charge in [-0.3, -0.25) is 9.97 Å². The molecule has 82 valence electrons. The molecule has 0 unspecified atom stereocenters. The van der Waals surface area contributed by atoms with Crippen LogP contribution >= 0.6 is 0 Å². The third-order valence-corrected chi connectivity index (χ3v) is 2.15. The van der Waals surface area contributed by atoms with Crippen LogP contribution in [-0.4, -0.2) is 24.9 Å². The highest BCUT2D eigenvalue weighted by atomic mass is 15.1. The molecule has 0 saturated carbocycles. The molecule has 6 heteroatoms. The zero-order valence-electron chi connectivity index (χ0n) is 8.78. The quantitative estimate of drug-likeness (QED) is 0.711. The molecule has 3 rings (SSSR count). The van der Waals surface area contributed by atoms with E-state index < -0.39 is 0 Å². The van der Waals surface area contributed by atoms with Gasteiger partial charge >= 0.3 is 0 Å². The smallest absolute Gasteiger partial charge is 0.180 e. The predicted octanol–water partition coefficient (Wildman–Crippen LogP) is 1.56. The Morgan fingerprint density at radius 3 is 2.59 bits per heavy atom. The van der Waals surface area contributed by atoms with Crippen molar-refractivity contribution in [2.75, 3.05) is 5.32 Å². The van der Waals surface area contributed by atoms with E-state index in [9.17, 15) is 0 Å². The largest absolute Gasteiger partial charge is 0.324 e. The van der Waals surface area contributed by atoms with Crippen LogP contribution in [0, 0.1) is 0 Å². The molecule has 3 aromatic heterocycles. The maximum atomic E-state index is 4.32. The van der Waals surface area contributed by atoms with Crippen LogP contribution in [0.5, 0.6) is 0 Å². The van der Waals surface area contributed by atoms with Crippen molar-refractivity contribution in [1.82, 2.24) is 24.9 Å². The molecule has 0 atom stereocenters. The minimum Gasteiger partial charge on any atom is -0.324 e. The van der Waals surface area contributed by atoms with Gasteiger partial charge in [0.1, 0.15) is 17.2 Å². The first-order valence-electron chi connectivity index (χ1n) is 5.03. The second kappa shape index (κ2) is 4.09. The zero-order chi connectivity index (χ0) is 11.5. The molecule has 0 saturated heterocycles. The Morgan fingerprint density at radius 1 is 0.824 bits per heavy atom. The van der Waals surface area contributed by atoms with Crippen molar-refractivity contribution >= 4 is 22.8 Å². The van der Waals surface area contributed by atoms with E-state index in [1.165, 1.54) is 0 Å². The highest BCUT2D eigenvalue weighted by molar-refractivity contribution is 5.72. The Kier molecular flexibility index (Phi) is 2.31. The van der Waals surface area contributed by atoms with Crippen LogP contribution < -0.4 is 5.32 Å². The number of aromatic nitrogens is 5. The first-order chi connectivity index (χ1) is 8.42. The Hall–Kier alpha value is -2.63. The van der Waals surface area contributed by atoms with E-state index in [4.69, 9.17) is 0 Å². The van der Waals surface area contributed by atoms with E-state index in [-0.39, 0.29) is 0 Å². The lowest BCUT2D eigenvalue weighted by Gasteiger charge is -2.03. The number of pyridine rings is 1. The Balaban J connectivity index is 1.96. The topological polar surface area (TPSA) is 76.5 Å². The molecule has 0 aromatic carbocycles. The first-order valence-corrected chi connectivity index (χ1v) is 5.03. The van der Waals surface area contributed by atoms with Crippen LogP contribution in [0.2, 0.25) is 0 Å². The minimum atomic E-state index is 0.599. The van der Waals surface area contributed by atoms with Gasteiger partial charge in [-0.15, -0.1) is 0 Å². The van der Waals surface area contributed by atoms with Crippen LogP contribution in [0.1, 0.15) is 0 Å². The molecule has 0 fully saturated rings. The SMILES string of the molecule is c1cnc(Nc2ccc3nccnc3n2)cn1. The van der Waals surface area contributed by atoms with E-state index >= 15 is 0 Å². The van der Waals surface area contributed by atoms with Crippen molar-refractivity contribution in [3.05, 3.63) is 43.1 Å². The number of anilines is 2. The molecule has 0 aliphatic rings. The lowest BCUT2D eigenvalue weighted by atomic mass is 10.4. The summed E-state index contributed by atoms with van der Waals surface area (Å²) in [6, 6.07) is 3.68. The molecule has 0 spiro atoms. The van der Waals surface area contributed by atoms with Crippen molar-refractivity contribution in [1.29, 1.82) is 0 Å². The van der Waals surface area contributed by atoms with Gasteiger partial charge in [-0.25, -0.2) is 15.0 Å². The van der Waals surface area contributed by atoms with E-state index in [2.05, 4.69) is 30.2 Å². The number of hydrogen-bond donors (Lipinski definition) is 1. The third-order valence-electron chi connectivity index (χ3n) is 2.15. The van der Waals surface area contributed by atoms with Gasteiger partial charge in [-0.05, 0) is 12.1 Å². The number of nitrogens with one attached hydrogen (secondary N) is 1. The van der Waals surface area contributed by atoms with E-state index in [0.717, 1.165) is 5.52 Å². The third kappa shape index (κ3) is 2.00. The fraction of sp³-hybridized carbons (Fsp3) is 0. The number of hydrogen-bond acceptors (Lipinski definition) is 6. The van der Waals surface area contributed by atoms with Crippen LogP contribution in [0.25, 0.3) is 11.2 Å². The zero-order valence-corrected chi connectivity index (χ0v) is 8.78. The summed E-state index contributed by atoms with van der Waals surface area (Å²) in [5, 5.41) is 3.04. The van der Waals surface area contributed by atoms with Crippen molar-refractivity contribution in [2.45, 2.75) is 0 Å². The molecule has 0 amide bonds. The number of rotatable bonds is 2. The fourth-order valence-corrected chi connectivity index (χ4v) is 1.42. The van der Waals surface area contributed by atoms with Gasteiger partial charge in [-0.2, -0.15) is 0 Å². The van der Waals surface area contributed by atoms with Gasteiger partial charge in [0.15, 0.2) is 5.65 Å². The lowest BCUT2D eigenvalue weighted by molar-refractivity contribution is 1.17. The molecule has 0 radical (unpaired) electrons. The van der Waals surface area contributed by atoms with Crippen molar-refractivity contribution in [3.63, 3.8) is 0 Å². The summed E-state index contributed by atoms with van der Waals surface area (Å²) in [6.07, 6.45) is 8.11. The van der Waals surface area contributed by atoms with Crippen molar-refractivity contribution < 1.29 is 0 Å². The second-order valence-electron chi connectivity index (χ2n) is 3.31. The summed E-state index contributed by atoms with van der Waals surface area (Å²) >= 11 is 0. The number of nitrogens with zero attached hydrogens (tertiary/aromatic N) is 5. The standard InChI is InChI=1S/C11H8N6/c1-2-9(16-10-7-12-3-4-14-10)17-11-8(1)13-5-6-15-11/h1-7H,(H,14,15,16,17). The van der Waals surface area contributed by atoms with Gasteiger partial charge in [0, 0.05) is 24.8 Å². The summed E-state index contributed by atoms with van der Waals surface area (Å²) < 4.78 is 0. The van der Waals surface area contributed by atoms with Gasteiger partial charge in [-0.1, -0.05) is 0 Å². The molecule has 1 N–H and O–H groups in total. The van der Waals surface area contributed by atoms with Crippen molar-refractivity contribution in [2.24, 2.45) is 0 Å². The Bertz CT molecular complexity index is 640. The molecule has 3 heterocycles. The average molecular weight is 224 g/mol. The molecule has 0 aliphatic carbocycles. The van der Waals surface area contributed by atoms with Gasteiger partial charge in [0.05, 0.1) is 6.20 Å². The highest BCUT2D eigenvalue weighted by Crippen LogP contribution is 2.13. The normalized spacial score (nSPS) is 10.4. The van der Waals surface area contributed by atoms with Crippen LogP contribution in [-0.2, 0) is 0 Å². The first kappa shape index (κ1) is 9.59. The van der Waals surface area contributed by atoms with Crippen molar-refractivity contribution in [3.8, 4) is 0 Å². The molecule has 3 aromatic rings. The molecular formula is C11H8N6. The summed E-state index contributed by atoms with van der Waals surface area (Å²) in [5.41, 5.74) is 1.36. The molecular weight excluding hydrogens is 216 g/mol. The second-order valence-corrected chi connectivity index (χ2v) is 3.31. The predicted molar refractivity (Wildman–Crippen MR) is 62.6 cm³/mol. The lowest BCUT2D eigenvalue weighted by Crippen LogP contribution is -1.97. The van der Waals surface area contributed by atoms with E-state index in [1.54, 1.807) is 31.0 Å². The molecule has 0 aliphatic heterocycles. The Morgan fingerprint density at radius 2 is 1.71 bits per heavy atom. The van der Waals surface area contributed by atoms with Gasteiger partial charge < -0.3 is 5.32 Å². The number of fused-ring (bicyclic) bond motifs is 1. The summed E-state index contributed by atoms with van der Waals surface area (Å²) in [5.74, 6) is 1.31. The molecule has 17 heavy (non-hydrogen) atoms. The monoisotopic (exact) mass is 224 g/mol. The maximum absolute atomic E-state index is 4.32. The van der Waals surface area contributed by atoms with Crippen LogP contribution in [0.15, 0.2) is 43.1 Å². The van der Waals surface area contributed by atoms with Gasteiger partial charge in [0.2, 0.25) is 0 Å². The summed E-state index contributed by atoms with van der Waals surface area (Å²) in [4.78, 5) is 20.7. The van der Waals surface area contributed by atoms with Gasteiger partial charge in [0.25, 0.3) is 0 Å². The summed E-state index contributed by atoms with van der Waals surface area (Å²) in [6.45, 7) is 0. The minimum absolute atomic E-state index is 0.599. The summed E-state index contributed by atoms with van der Waals surface area (Å²) in [7, 11) is 0. The van der Waals surface area contributed by atoms with Crippen LogP contribution in [0.4, 0.5) is 11.6 Å². The van der Waals surface area contributed by atoms with E-state index in [1.807, 2.05) is 12.1 Å².